The van der Waals surface area contributed by atoms with Gasteiger partial charge in [0, 0.05) is 34.0 Å². The van der Waals surface area contributed by atoms with Crippen molar-refractivity contribution in [3.63, 3.8) is 0 Å². The Hall–Kier alpha value is -2.18. The molecule has 0 aliphatic heterocycles. The number of carbonyl (C=O) groups excluding carboxylic acids is 1. The Bertz CT molecular complexity index is 1100. The van der Waals surface area contributed by atoms with Gasteiger partial charge in [-0.05, 0) is 91.2 Å². The SMILES string of the molecule is CSc1ccc([C@H]2C[C@@]3(C)C(CCC3(/C=C/CO)[N+](=O)[O-])C3CCC4=CC(=O)CCC4=C32)cc1. The molecule has 0 aromatic heterocycles. The van der Waals surface area contributed by atoms with Crippen LogP contribution in [0.5, 0.6) is 0 Å². The molecule has 0 heterocycles. The number of aliphatic hydroxyl groups is 1. The van der Waals surface area contributed by atoms with Gasteiger partial charge in [0.15, 0.2) is 5.78 Å². The predicted octanol–water partition coefficient (Wildman–Crippen LogP) is 5.87. The summed E-state index contributed by atoms with van der Waals surface area (Å²) >= 11 is 1.71. The van der Waals surface area contributed by atoms with Gasteiger partial charge in [0.25, 0.3) is 0 Å². The minimum atomic E-state index is -1.16. The fourth-order valence-electron chi connectivity index (χ4n) is 7.72. The van der Waals surface area contributed by atoms with E-state index in [2.05, 4.69) is 37.4 Å². The van der Waals surface area contributed by atoms with Crippen LogP contribution in [0.1, 0.15) is 63.4 Å². The van der Waals surface area contributed by atoms with E-state index in [0.29, 0.717) is 25.2 Å². The second kappa shape index (κ2) is 8.80. The summed E-state index contributed by atoms with van der Waals surface area (Å²) in [5, 5.41) is 22.1. The highest BCUT2D eigenvalue weighted by atomic mass is 32.2. The number of carbonyl (C=O) groups is 1. The van der Waals surface area contributed by atoms with Gasteiger partial charge in [-0.25, -0.2) is 0 Å². The van der Waals surface area contributed by atoms with Gasteiger partial charge in [-0.3, -0.25) is 14.9 Å². The summed E-state index contributed by atoms with van der Waals surface area (Å²) in [5.74, 6) is 0.856. The lowest BCUT2D eigenvalue weighted by Gasteiger charge is -2.52. The smallest absolute Gasteiger partial charge is 0.245 e. The van der Waals surface area contributed by atoms with Crippen LogP contribution in [-0.2, 0) is 4.79 Å². The molecule has 5 nitrogen and oxygen atoms in total. The Morgan fingerprint density at radius 3 is 2.65 bits per heavy atom. The number of hydrogen-bond donors (Lipinski definition) is 1. The number of ketones is 1. The molecule has 1 aromatic carbocycles. The number of hydrogen-bond acceptors (Lipinski definition) is 5. The maximum atomic E-state index is 12.7. The Balaban J connectivity index is 1.69. The van der Waals surface area contributed by atoms with Crippen LogP contribution >= 0.6 is 11.8 Å². The van der Waals surface area contributed by atoms with Crippen LogP contribution in [0.3, 0.4) is 0 Å². The Kier molecular flexibility index (Phi) is 6.09. The van der Waals surface area contributed by atoms with Crippen molar-refractivity contribution in [1.82, 2.24) is 0 Å². The number of nitrogens with zero attached hydrogens (tertiary/aromatic N) is 1. The quantitative estimate of drug-likeness (QED) is 0.247. The third kappa shape index (κ3) is 3.44. The molecule has 180 valence electrons. The van der Waals surface area contributed by atoms with E-state index >= 15 is 0 Å². The van der Waals surface area contributed by atoms with Crippen LogP contribution in [-0.4, -0.2) is 34.2 Å². The minimum Gasteiger partial charge on any atom is -0.392 e. The first-order chi connectivity index (χ1) is 16.3. The van der Waals surface area contributed by atoms with Gasteiger partial charge in [0.05, 0.1) is 6.61 Å². The minimum absolute atomic E-state index is 0.0708. The van der Waals surface area contributed by atoms with E-state index in [1.165, 1.54) is 27.2 Å². The molecule has 0 radical (unpaired) electrons. The van der Waals surface area contributed by atoms with Gasteiger partial charge >= 0.3 is 0 Å². The second-order valence-electron chi connectivity index (χ2n) is 10.6. The predicted molar refractivity (Wildman–Crippen MR) is 134 cm³/mol. The molecule has 5 atom stereocenters. The maximum Gasteiger partial charge on any atom is 0.245 e. The molecule has 4 aliphatic carbocycles. The lowest BCUT2D eigenvalue weighted by molar-refractivity contribution is -0.574. The van der Waals surface area contributed by atoms with Crippen molar-refractivity contribution < 1.29 is 14.8 Å². The van der Waals surface area contributed by atoms with E-state index in [9.17, 15) is 20.0 Å². The van der Waals surface area contributed by atoms with E-state index in [4.69, 9.17) is 0 Å². The summed E-state index contributed by atoms with van der Waals surface area (Å²) < 4.78 is 0. The number of allylic oxidation sites excluding steroid dienone is 4. The van der Waals surface area contributed by atoms with Gasteiger partial charge in [-0.1, -0.05) is 30.7 Å². The zero-order chi connectivity index (χ0) is 24.1. The average molecular weight is 480 g/mol. The topological polar surface area (TPSA) is 80.4 Å². The van der Waals surface area contributed by atoms with Crippen LogP contribution in [0, 0.1) is 27.4 Å². The third-order valence-electron chi connectivity index (χ3n) is 9.29. The standard InChI is InChI=1S/C28H33NO4S/c1-27-17-24(18-4-8-21(34-2)9-5-18)26-22-11-7-20(31)16-19(22)6-10-23(26)25(27)12-14-28(27,29(32)33)13-3-15-30/h3-5,8-9,13,16,23-25,30H,6-7,10-12,14-15,17H2,1-2H3/b13-3+/t23?,24-,25?,27+,28?/m1/s1. The molecule has 5 rings (SSSR count). The fraction of sp³-hybridized carbons (Fsp3) is 0.536. The van der Waals surface area contributed by atoms with Crippen LogP contribution in [0.15, 0.2) is 64.1 Å². The van der Waals surface area contributed by atoms with Gasteiger partial charge in [0.1, 0.15) is 0 Å². The summed E-state index contributed by atoms with van der Waals surface area (Å²) in [6.45, 7) is 1.95. The first kappa shape index (κ1) is 23.6. The Labute approximate surface area is 205 Å². The summed E-state index contributed by atoms with van der Waals surface area (Å²) in [6, 6.07) is 8.70. The zero-order valence-electron chi connectivity index (χ0n) is 20.0. The molecule has 6 heteroatoms. The molecule has 1 N–H and O–H groups in total. The number of benzene rings is 1. The number of fused-ring (bicyclic) bond motifs is 4. The van der Waals surface area contributed by atoms with Gasteiger partial charge in [0.2, 0.25) is 5.54 Å². The summed E-state index contributed by atoms with van der Waals surface area (Å²) in [6.07, 6.45) is 12.4. The van der Waals surface area contributed by atoms with Crippen molar-refractivity contribution in [3.05, 3.63) is 74.9 Å². The molecule has 1 aromatic rings. The van der Waals surface area contributed by atoms with E-state index in [1.807, 2.05) is 6.08 Å². The molecule has 3 unspecified atom stereocenters. The summed E-state index contributed by atoms with van der Waals surface area (Å²) in [4.78, 5) is 26.0. The number of rotatable bonds is 5. The first-order valence-corrected chi connectivity index (χ1v) is 13.6. The van der Waals surface area contributed by atoms with Gasteiger partial charge < -0.3 is 5.11 Å². The average Bonchev–Trinajstić information content (AvgIpc) is 3.14. The van der Waals surface area contributed by atoms with Crippen LogP contribution in [0.4, 0.5) is 0 Å². The van der Waals surface area contributed by atoms with Crippen molar-refractivity contribution >= 4 is 17.5 Å². The fourth-order valence-corrected chi connectivity index (χ4v) is 8.12. The lowest BCUT2D eigenvalue weighted by Crippen LogP contribution is -2.54. The van der Waals surface area contributed by atoms with Crippen LogP contribution in [0.25, 0.3) is 0 Å². The van der Waals surface area contributed by atoms with Gasteiger partial charge in [-0.2, -0.15) is 0 Å². The van der Waals surface area contributed by atoms with Crippen molar-refractivity contribution in [3.8, 4) is 0 Å². The van der Waals surface area contributed by atoms with E-state index < -0.39 is 11.0 Å². The van der Waals surface area contributed by atoms with Crippen molar-refractivity contribution in [2.45, 2.75) is 68.2 Å². The number of nitro groups is 1. The van der Waals surface area contributed by atoms with Crippen LogP contribution in [0.2, 0.25) is 0 Å². The zero-order valence-corrected chi connectivity index (χ0v) is 20.8. The molecule has 0 bridgehead atoms. The second-order valence-corrected chi connectivity index (χ2v) is 11.5. The highest BCUT2D eigenvalue weighted by Gasteiger charge is 2.68. The number of thioether (sulfide) groups is 1. The van der Waals surface area contributed by atoms with E-state index in [-0.39, 0.29) is 29.1 Å². The Morgan fingerprint density at radius 2 is 1.97 bits per heavy atom. The molecular formula is C28H33NO4S. The highest BCUT2D eigenvalue weighted by molar-refractivity contribution is 7.98. The molecular weight excluding hydrogens is 446 g/mol. The first-order valence-electron chi connectivity index (χ1n) is 12.4. The maximum absolute atomic E-state index is 12.7. The molecule has 2 fully saturated rings. The molecule has 2 saturated carbocycles. The molecule has 0 spiro atoms. The molecule has 0 saturated heterocycles. The lowest BCUT2D eigenvalue weighted by atomic mass is 9.50. The highest BCUT2D eigenvalue weighted by Crippen LogP contribution is 2.67. The van der Waals surface area contributed by atoms with E-state index in [1.54, 1.807) is 23.9 Å². The third-order valence-corrected chi connectivity index (χ3v) is 10.0. The molecule has 4 aliphatic rings. The van der Waals surface area contributed by atoms with Crippen LogP contribution < -0.4 is 0 Å². The number of aliphatic hydroxyl groups excluding tert-OH is 1. The monoisotopic (exact) mass is 479 g/mol. The summed E-state index contributed by atoms with van der Waals surface area (Å²) in [7, 11) is 0. The van der Waals surface area contributed by atoms with Gasteiger partial charge in [-0.15, -0.1) is 11.8 Å². The van der Waals surface area contributed by atoms with Crippen molar-refractivity contribution in [2.24, 2.45) is 17.3 Å². The van der Waals surface area contributed by atoms with E-state index in [0.717, 1.165) is 25.7 Å². The molecule has 34 heavy (non-hydrogen) atoms. The van der Waals surface area contributed by atoms with Crippen molar-refractivity contribution in [1.29, 1.82) is 0 Å². The normalized spacial score (nSPS) is 35.1. The Morgan fingerprint density at radius 1 is 1.21 bits per heavy atom. The summed E-state index contributed by atoms with van der Waals surface area (Å²) in [5.41, 5.74) is 3.57. The molecule has 0 amide bonds. The largest absolute Gasteiger partial charge is 0.392 e. The van der Waals surface area contributed by atoms with Crippen molar-refractivity contribution in [2.75, 3.05) is 12.9 Å².